The molecule has 2 atom stereocenters. The second kappa shape index (κ2) is 5.44. The first-order valence-electron chi connectivity index (χ1n) is 3.74. The molecule has 0 heterocycles. The van der Waals surface area contributed by atoms with Gasteiger partial charge in [0.25, 0.3) is 0 Å². The van der Waals surface area contributed by atoms with Crippen LogP contribution in [-0.4, -0.2) is 5.11 Å². The van der Waals surface area contributed by atoms with E-state index in [-0.39, 0.29) is 5.56 Å². The van der Waals surface area contributed by atoms with Gasteiger partial charge in [0.2, 0.25) is 0 Å². The van der Waals surface area contributed by atoms with E-state index in [0.29, 0.717) is 0 Å². The van der Waals surface area contributed by atoms with Crippen molar-refractivity contribution < 1.29 is 23.3 Å². The summed E-state index contributed by atoms with van der Waals surface area (Å²) in [6.07, 6.45) is 0. The third-order valence-electron chi connectivity index (χ3n) is 1.55. The van der Waals surface area contributed by atoms with Crippen molar-refractivity contribution in [1.29, 1.82) is 0 Å². The summed E-state index contributed by atoms with van der Waals surface area (Å²) in [4.78, 5) is 0. The van der Waals surface area contributed by atoms with Gasteiger partial charge in [-0.2, -0.15) is 0 Å². The fraction of sp³-hybridized carbons (Fsp3) is 0.143. The second-order valence-electron chi connectivity index (χ2n) is 2.38. The number of rotatable bonds is 5. The Kier molecular flexibility index (Phi) is 4.52. The summed E-state index contributed by atoms with van der Waals surface area (Å²) < 4.78 is 29.7. The van der Waals surface area contributed by atoms with E-state index >= 15 is 0 Å². The molecule has 0 spiro atoms. The van der Waals surface area contributed by atoms with Gasteiger partial charge in [0, 0.05) is 5.56 Å². The van der Waals surface area contributed by atoms with Gasteiger partial charge < -0.3 is 5.11 Å². The number of hydrogen-bond acceptors (Lipinski definition) is 5. The van der Waals surface area contributed by atoms with Crippen LogP contribution in [0.1, 0.15) is 5.56 Å². The maximum atomic E-state index is 10.3. The molecular formula is C7H10O5P2. The summed E-state index contributed by atoms with van der Waals surface area (Å²) in [5, 5.41) is 9.68. The average Bonchev–Trinajstić information content (AvgIpc) is 2.20. The van der Waals surface area contributed by atoms with Crippen molar-refractivity contribution in [2.75, 3.05) is 0 Å². The molecule has 0 aliphatic carbocycles. The molecule has 2 unspecified atom stereocenters. The Hall–Kier alpha value is -0.440. The molecule has 1 aromatic rings. The second-order valence-corrected chi connectivity index (χ2v) is 3.23. The van der Waals surface area contributed by atoms with Gasteiger partial charge in [0.1, 0.15) is 0 Å². The Morgan fingerprint density at radius 1 is 1.07 bits per heavy atom. The highest BCUT2D eigenvalue weighted by Gasteiger charge is 2.31. The molecule has 78 valence electrons. The van der Waals surface area contributed by atoms with Crippen LogP contribution in [-0.2, 0) is 24.2 Å². The molecule has 1 rings (SSSR count). The van der Waals surface area contributed by atoms with Crippen LogP contribution in [0.4, 0.5) is 0 Å². The zero-order valence-corrected chi connectivity index (χ0v) is 9.43. The first kappa shape index (κ1) is 11.6. The van der Waals surface area contributed by atoms with E-state index in [1.165, 1.54) is 12.1 Å². The van der Waals surface area contributed by atoms with Crippen molar-refractivity contribution in [2.24, 2.45) is 0 Å². The van der Waals surface area contributed by atoms with Crippen molar-refractivity contribution in [3.05, 3.63) is 35.9 Å². The SMILES string of the molecule is O=[PH2]OC(O)(O[PH2]=O)c1ccccc1. The minimum absolute atomic E-state index is 0.256. The van der Waals surface area contributed by atoms with Crippen molar-refractivity contribution in [2.45, 2.75) is 5.97 Å². The minimum atomic E-state index is -2.16. The van der Waals surface area contributed by atoms with Crippen LogP contribution < -0.4 is 0 Å². The summed E-state index contributed by atoms with van der Waals surface area (Å²) in [7, 11) is -3.31. The van der Waals surface area contributed by atoms with Gasteiger partial charge in [-0.1, -0.05) is 30.3 Å². The first-order valence-corrected chi connectivity index (χ1v) is 5.62. The molecule has 1 N–H and O–H groups in total. The molecule has 0 fully saturated rings. The topological polar surface area (TPSA) is 72.8 Å². The van der Waals surface area contributed by atoms with Crippen LogP contribution in [0.15, 0.2) is 30.3 Å². The highest BCUT2D eigenvalue weighted by Crippen LogP contribution is 2.31. The number of hydrogen-bond donors (Lipinski definition) is 1. The highest BCUT2D eigenvalue weighted by atomic mass is 31.1. The lowest BCUT2D eigenvalue weighted by molar-refractivity contribution is -0.275. The Morgan fingerprint density at radius 2 is 1.57 bits per heavy atom. The smallest absolute Gasteiger partial charge is 0.319 e. The van der Waals surface area contributed by atoms with Crippen LogP contribution in [0, 0.1) is 0 Å². The third kappa shape index (κ3) is 2.77. The van der Waals surface area contributed by atoms with Gasteiger partial charge in [-0.15, -0.1) is 0 Å². The van der Waals surface area contributed by atoms with Gasteiger partial charge in [0.15, 0.2) is 17.4 Å². The molecule has 0 saturated carbocycles. The first-order chi connectivity index (χ1) is 6.73. The van der Waals surface area contributed by atoms with Crippen molar-refractivity contribution in [1.82, 2.24) is 0 Å². The van der Waals surface area contributed by atoms with Crippen LogP contribution in [0.25, 0.3) is 0 Å². The summed E-state index contributed by atoms with van der Waals surface area (Å²) in [5.41, 5.74) is 0.256. The molecule has 0 amide bonds. The Balaban J connectivity index is 2.98. The molecule has 0 saturated heterocycles. The highest BCUT2D eigenvalue weighted by molar-refractivity contribution is 7.18. The quantitative estimate of drug-likeness (QED) is 0.613. The summed E-state index contributed by atoms with van der Waals surface area (Å²) in [6.45, 7) is 0. The van der Waals surface area contributed by atoms with E-state index in [4.69, 9.17) is 0 Å². The van der Waals surface area contributed by atoms with Crippen molar-refractivity contribution in [3.63, 3.8) is 0 Å². The van der Waals surface area contributed by atoms with E-state index < -0.39 is 23.3 Å². The van der Waals surface area contributed by atoms with Gasteiger partial charge in [-0.25, -0.2) is 0 Å². The molecule has 0 aliphatic heterocycles. The molecule has 7 heteroatoms. The fourth-order valence-electron chi connectivity index (χ4n) is 0.943. The van der Waals surface area contributed by atoms with E-state index in [9.17, 15) is 14.2 Å². The Morgan fingerprint density at radius 3 is 2.00 bits per heavy atom. The van der Waals surface area contributed by atoms with Gasteiger partial charge in [0.05, 0.1) is 0 Å². The normalized spacial score (nSPS) is 16.6. The van der Waals surface area contributed by atoms with Crippen LogP contribution in [0.3, 0.4) is 0 Å². The predicted molar refractivity (Wildman–Crippen MR) is 53.3 cm³/mol. The van der Waals surface area contributed by atoms with E-state index in [1.807, 2.05) is 0 Å². The number of aliphatic hydroxyl groups is 1. The maximum absolute atomic E-state index is 10.3. The largest absolute Gasteiger partial charge is 0.339 e. The standard InChI is InChI=1S/C7H10O5P2/c8-7(11-13-9,12-14-10)6-4-2-1-3-5-6/h1-5,8H,13-14H2. The summed E-state index contributed by atoms with van der Waals surface area (Å²) in [6, 6.07) is 8.06. The van der Waals surface area contributed by atoms with Gasteiger partial charge >= 0.3 is 5.97 Å². The Labute approximate surface area is 83.2 Å². The third-order valence-corrected chi connectivity index (χ3v) is 2.39. The number of benzene rings is 1. The lowest BCUT2D eigenvalue weighted by atomic mass is 10.2. The van der Waals surface area contributed by atoms with Crippen LogP contribution >= 0.6 is 17.4 Å². The van der Waals surface area contributed by atoms with E-state index in [2.05, 4.69) is 9.05 Å². The molecule has 14 heavy (non-hydrogen) atoms. The lowest BCUT2D eigenvalue weighted by Gasteiger charge is -2.22. The van der Waals surface area contributed by atoms with Crippen LogP contribution in [0.2, 0.25) is 0 Å². The Bertz CT molecular complexity index is 305. The zero-order valence-electron chi connectivity index (χ0n) is 7.12. The fourth-order valence-corrected chi connectivity index (χ4v) is 1.70. The van der Waals surface area contributed by atoms with Gasteiger partial charge in [-0.05, 0) is 0 Å². The minimum Gasteiger partial charge on any atom is -0.339 e. The molecule has 0 radical (unpaired) electrons. The molecule has 1 aromatic carbocycles. The van der Waals surface area contributed by atoms with Gasteiger partial charge in [-0.3, -0.25) is 18.2 Å². The van der Waals surface area contributed by atoms with Crippen molar-refractivity contribution in [3.8, 4) is 0 Å². The molecule has 0 aliphatic rings. The average molecular weight is 236 g/mol. The summed E-state index contributed by atoms with van der Waals surface area (Å²) in [5.74, 6) is -2.16. The van der Waals surface area contributed by atoms with Crippen molar-refractivity contribution >= 4 is 17.4 Å². The molecular weight excluding hydrogens is 226 g/mol. The molecule has 5 nitrogen and oxygen atoms in total. The van der Waals surface area contributed by atoms with E-state index in [1.54, 1.807) is 18.2 Å². The van der Waals surface area contributed by atoms with E-state index in [0.717, 1.165) is 0 Å². The maximum Gasteiger partial charge on any atom is 0.319 e. The molecule has 0 aromatic heterocycles. The predicted octanol–water partition coefficient (Wildman–Crippen LogP) is 1.16. The lowest BCUT2D eigenvalue weighted by Crippen LogP contribution is -2.26. The zero-order chi connectivity index (χ0) is 10.4. The monoisotopic (exact) mass is 236 g/mol. The summed E-state index contributed by atoms with van der Waals surface area (Å²) >= 11 is 0. The molecule has 0 bridgehead atoms. The van der Waals surface area contributed by atoms with Crippen LogP contribution in [0.5, 0.6) is 0 Å².